The topological polar surface area (TPSA) is 20.3 Å². The van der Waals surface area contributed by atoms with Gasteiger partial charge < -0.3 is 4.90 Å². The van der Waals surface area contributed by atoms with E-state index in [0.717, 1.165) is 25.9 Å². The van der Waals surface area contributed by atoms with Crippen molar-refractivity contribution in [3.05, 3.63) is 48.0 Å². The maximum absolute atomic E-state index is 13.1. The Morgan fingerprint density at radius 3 is 2.64 bits per heavy atom. The maximum atomic E-state index is 13.1. The molecule has 1 saturated heterocycles. The standard InChI is InChI=1S/C23H31NO/c1-17(2)24-14-8-11-19(16-24)22(25)15-23(3,4)21-13-7-10-18-9-5-6-12-20(18)21/h5-7,9-10,12-13,17,19H,8,11,14-16H2,1-4H3. The number of carbonyl (C=O) groups is 1. The Balaban J connectivity index is 1.79. The molecular formula is C23H31NO. The molecule has 0 saturated carbocycles. The first-order valence-corrected chi connectivity index (χ1v) is 9.63. The average Bonchev–Trinajstić information content (AvgIpc) is 2.61. The Hall–Kier alpha value is -1.67. The third kappa shape index (κ3) is 3.95. The predicted molar refractivity (Wildman–Crippen MR) is 106 cm³/mol. The third-order valence-corrected chi connectivity index (χ3v) is 5.77. The molecule has 0 amide bonds. The monoisotopic (exact) mass is 337 g/mol. The van der Waals surface area contributed by atoms with E-state index in [1.54, 1.807) is 0 Å². The number of ketones is 1. The van der Waals surface area contributed by atoms with Crippen LogP contribution in [0.4, 0.5) is 0 Å². The van der Waals surface area contributed by atoms with Gasteiger partial charge in [-0.2, -0.15) is 0 Å². The molecule has 0 N–H and O–H groups in total. The zero-order chi connectivity index (χ0) is 18.0. The average molecular weight is 338 g/mol. The minimum Gasteiger partial charge on any atom is -0.300 e. The zero-order valence-electron chi connectivity index (χ0n) is 16.1. The van der Waals surface area contributed by atoms with E-state index < -0.39 is 0 Å². The second-order valence-electron chi connectivity index (χ2n) is 8.48. The van der Waals surface area contributed by atoms with E-state index in [1.165, 1.54) is 16.3 Å². The number of nitrogens with zero attached hydrogens (tertiary/aromatic N) is 1. The quantitative estimate of drug-likeness (QED) is 0.747. The minimum atomic E-state index is -0.141. The molecule has 3 rings (SSSR count). The second-order valence-corrected chi connectivity index (χ2v) is 8.48. The van der Waals surface area contributed by atoms with Crippen molar-refractivity contribution in [3.63, 3.8) is 0 Å². The van der Waals surface area contributed by atoms with Gasteiger partial charge in [0.2, 0.25) is 0 Å². The summed E-state index contributed by atoms with van der Waals surface area (Å²) in [5.41, 5.74) is 1.15. The highest BCUT2D eigenvalue weighted by atomic mass is 16.1. The lowest BCUT2D eigenvalue weighted by atomic mass is 9.75. The Labute approximate surface area is 152 Å². The van der Waals surface area contributed by atoms with Crippen molar-refractivity contribution < 1.29 is 4.79 Å². The summed E-state index contributed by atoms with van der Waals surface area (Å²) >= 11 is 0. The van der Waals surface area contributed by atoms with Gasteiger partial charge in [-0.05, 0) is 55.0 Å². The van der Waals surface area contributed by atoms with Crippen LogP contribution in [-0.4, -0.2) is 29.8 Å². The molecule has 0 aliphatic carbocycles. The van der Waals surface area contributed by atoms with Crippen molar-refractivity contribution >= 4 is 16.6 Å². The number of Topliss-reactive ketones (excluding diaryl/α,β-unsaturated/α-hetero) is 1. The van der Waals surface area contributed by atoms with Crippen molar-refractivity contribution in [3.8, 4) is 0 Å². The highest BCUT2D eigenvalue weighted by Crippen LogP contribution is 2.35. The lowest BCUT2D eigenvalue weighted by Crippen LogP contribution is -2.43. The fourth-order valence-electron chi connectivity index (χ4n) is 4.23. The number of benzene rings is 2. The molecule has 2 aromatic carbocycles. The largest absolute Gasteiger partial charge is 0.300 e. The van der Waals surface area contributed by atoms with Gasteiger partial charge in [0, 0.05) is 24.9 Å². The van der Waals surface area contributed by atoms with Gasteiger partial charge in [0.1, 0.15) is 5.78 Å². The molecule has 25 heavy (non-hydrogen) atoms. The molecule has 134 valence electrons. The van der Waals surface area contributed by atoms with Gasteiger partial charge in [0.15, 0.2) is 0 Å². The molecule has 1 atom stereocenters. The van der Waals surface area contributed by atoms with Gasteiger partial charge in [-0.1, -0.05) is 56.3 Å². The molecule has 1 aliphatic heterocycles. The lowest BCUT2D eigenvalue weighted by molar-refractivity contribution is -0.125. The van der Waals surface area contributed by atoms with Gasteiger partial charge in [0.05, 0.1) is 0 Å². The summed E-state index contributed by atoms with van der Waals surface area (Å²) in [4.78, 5) is 15.5. The molecule has 1 aliphatic rings. The summed E-state index contributed by atoms with van der Waals surface area (Å²) in [5, 5.41) is 2.53. The van der Waals surface area contributed by atoms with Crippen LogP contribution in [0.3, 0.4) is 0 Å². The van der Waals surface area contributed by atoms with Crippen LogP contribution in [0.5, 0.6) is 0 Å². The molecule has 1 fully saturated rings. The third-order valence-electron chi connectivity index (χ3n) is 5.77. The second kappa shape index (κ2) is 7.29. The summed E-state index contributed by atoms with van der Waals surface area (Å²) in [7, 11) is 0. The summed E-state index contributed by atoms with van der Waals surface area (Å²) in [6.07, 6.45) is 2.81. The molecule has 1 heterocycles. The van der Waals surface area contributed by atoms with E-state index in [9.17, 15) is 4.79 Å². The van der Waals surface area contributed by atoms with Crippen molar-refractivity contribution in [1.82, 2.24) is 4.90 Å². The van der Waals surface area contributed by atoms with Crippen molar-refractivity contribution in [2.75, 3.05) is 13.1 Å². The molecule has 0 bridgehead atoms. The Morgan fingerprint density at radius 1 is 1.16 bits per heavy atom. The summed E-state index contributed by atoms with van der Waals surface area (Å²) in [5.74, 6) is 0.633. The van der Waals surface area contributed by atoms with Crippen molar-refractivity contribution in [2.45, 2.75) is 58.4 Å². The lowest BCUT2D eigenvalue weighted by Gasteiger charge is -2.36. The molecule has 0 spiro atoms. The number of likely N-dealkylation sites (tertiary alicyclic amines) is 1. The molecule has 2 aromatic rings. The smallest absolute Gasteiger partial charge is 0.138 e. The summed E-state index contributed by atoms with van der Waals surface area (Å²) < 4.78 is 0. The van der Waals surface area contributed by atoms with Crippen LogP contribution in [-0.2, 0) is 10.2 Å². The van der Waals surface area contributed by atoms with Crippen molar-refractivity contribution in [1.29, 1.82) is 0 Å². The van der Waals surface area contributed by atoms with Crippen LogP contribution in [0.1, 0.15) is 52.5 Å². The number of fused-ring (bicyclic) bond motifs is 1. The van der Waals surface area contributed by atoms with Gasteiger partial charge in [-0.3, -0.25) is 4.79 Å². The van der Waals surface area contributed by atoms with Crippen molar-refractivity contribution in [2.24, 2.45) is 5.92 Å². The minimum absolute atomic E-state index is 0.141. The summed E-state index contributed by atoms with van der Waals surface area (Å²) in [6, 6.07) is 15.5. The van der Waals surface area contributed by atoms with Gasteiger partial charge >= 0.3 is 0 Å². The van der Waals surface area contributed by atoms with E-state index in [1.807, 2.05) is 0 Å². The Kier molecular flexibility index (Phi) is 5.29. The van der Waals surface area contributed by atoms with Crippen LogP contribution in [0.25, 0.3) is 10.8 Å². The summed E-state index contributed by atoms with van der Waals surface area (Å²) in [6.45, 7) is 11.0. The first-order chi connectivity index (χ1) is 11.9. The SMILES string of the molecule is CC(C)N1CCCC(C(=O)CC(C)(C)c2cccc3ccccc23)C1. The highest BCUT2D eigenvalue weighted by molar-refractivity contribution is 5.88. The van der Waals surface area contributed by atoms with Crippen LogP contribution in [0, 0.1) is 5.92 Å². The highest BCUT2D eigenvalue weighted by Gasteiger charge is 2.32. The van der Waals surface area contributed by atoms with E-state index in [-0.39, 0.29) is 11.3 Å². The predicted octanol–water partition coefficient (Wildman–Crippen LogP) is 5.20. The number of hydrogen-bond acceptors (Lipinski definition) is 2. The van der Waals surface area contributed by atoms with Crippen LogP contribution < -0.4 is 0 Å². The number of piperidine rings is 1. The molecule has 0 radical (unpaired) electrons. The maximum Gasteiger partial charge on any atom is 0.138 e. The van der Waals surface area contributed by atoms with Crippen LogP contribution in [0.15, 0.2) is 42.5 Å². The van der Waals surface area contributed by atoms with E-state index in [4.69, 9.17) is 0 Å². The molecule has 0 aromatic heterocycles. The van der Waals surface area contributed by atoms with E-state index in [2.05, 4.69) is 75.1 Å². The van der Waals surface area contributed by atoms with Crippen LogP contribution in [0.2, 0.25) is 0 Å². The van der Waals surface area contributed by atoms with Gasteiger partial charge in [-0.15, -0.1) is 0 Å². The fraction of sp³-hybridized carbons (Fsp3) is 0.522. The van der Waals surface area contributed by atoms with E-state index in [0.29, 0.717) is 18.2 Å². The fourth-order valence-corrected chi connectivity index (χ4v) is 4.23. The Morgan fingerprint density at radius 2 is 1.88 bits per heavy atom. The molecular weight excluding hydrogens is 306 g/mol. The molecule has 2 heteroatoms. The molecule has 2 nitrogen and oxygen atoms in total. The first-order valence-electron chi connectivity index (χ1n) is 9.63. The normalized spacial score (nSPS) is 19.5. The zero-order valence-corrected chi connectivity index (χ0v) is 16.1. The first kappa shape index (κ1) is 18.1. The number of hydrogen-bond donors (Lipinski definition) is 0. The Bertz CT molecular complexity index is 741. The van der Waals surface area contributed by atoms with Gasteiger partial charge in [-0.25, -0.2) is 0 Å². The van der Waals surface area contributed by atoms with Crippen LogP contribution >= 0.6 is 0 Å². The van der Waals surface area contributed by atoms with E-state index >= 15 is 0 Å². The molecule has 1 unspecified atom stereocenters. The number of rotatable bonds is 5. The van der Waals surface area contributed by atoms with Gasteiger partial charge in [0.25, 0.3) is 0 Å². The number of carbonyl (C=O) groups excluding carboxylic acids is 1.